The number of rotatable bonds is 6. The average molecular weight is 408 g/mol. The molecule has 0 aliphatic heterocycles. The van der Waals surface area contributed by atoms with Gasteiger partial charge in [0.2, 0.25) is 0 Å². The number of aryl methyl sites for hydroxylation is 1. The molecule has 0 heterocycles. The maximum atomic E-state index is 12.7. The Labute approximate surface area is 169 Å². The number of hydrogen-bond acceptors (Lipinski definition) is 4. The zero-order valence-electron chi connectivity index (χ0n) is 16.0. The summed E-state index contributed by atoms with van der Waals surface area (Å²) in [5.74, 6) is -0.588. The highest BCUT2D eigenvalue weighted by molar-refractivity contribution is 7.92. The molecule has 3 aromatic carbocycles. The van der Waals surface area contributed by atoms with Crippen LogP contribution in [0, 0.1) is 6.92 Å². The van der Waals surface area contributed by atoms with Crippen molar-refractivity contribution in [1.82, 2.24) is 0 Å². The first-order valence-corrected chi connectivity index (χ1v) is 10.3. The van der Waals surface area contributed by atoms with Crippen molar-refractivity contribution in [2.75, 3.05) is 10.0 Å². The second kappa shape index (κ2) is 8.28. The van der Waals surface area contributed by atoms with Crippen LogP contribution in [0.2, 0.25) is 0 Å². The van der Waals surface area contributed by atoms with Gasteiger partial charge in [-0.05, 0) is 61.9 Å². The molecule has 3 rings (SSSR count). The fourth-order valence-corrected chi connectivity index (χ4v) is 3.84. The Hall–Kier alpha value is -3.45. The molecule has 0 spiro atoms. The molecule has 0 unspecified atom stereocenters. The van der Waals surface area contributed by atoms with Crippen molar-refractivity contribution < 1.29 is 18.0 Å². The van der Waals surface area contributed by atoms with E-state index in [0.29, 0.717) is 16.9 Å². The number of hydrogen-bond donors (Lipinski definition) is 2. The highest BCUT2D eigenvalue weighted by atomic mass is 32.2. The molecule has 0 saturated carbocycles. The Morgan fingerprint density at radius 1 is 0.793 bits per heavy atom. The van der Waals surface area contributed by atoms with Crippen LogP contribution in [0.4, 0.5) is 11.4 Å². The summed E-state index contributed by atoms with van der Waals surface area (Å²) in [5.41, 5.74) is 2.48. The Bertz CT molecular complexity index is 1190. The van der Waals surface area contributed by atoms with Crippen LogP contribution >= 0.6 is 0 Å². The Morgan fingerprint density at radius 2 is 1.45 bits per heavy atom. The van der Waals surface area contributed by atoms with Gasteiger partial charge in [-0.3, -0.25) is 14.3 Å². The number of carbonyl (C=O) groups excluding carboxylic acids is 2. The highest BCUT2D eigenvalue weighted by Crippen LogP contribution is 2.19. The first-order chi connectivity index (χ1) is 13.7. The van der Waals surface area contributed by atoms with Gasteiger partial charge in [-0.15, -0.1) is 0 Å². The van der Waals surface area contributed by atoms with Crippen LogP contribution in [0.25, 0.3) is 0 Å². The minimum atomic E-state index is -3.85. The van der Waals surface area contributed by atoms with Crippen LogP contribution in [-0.2, 0) is 10.0 Å². The van der Waals surface area contributed by atoms with E-state index < -0.39 is 15.9 Å². The zero-order valence-corrected chi connectivity index (χ0v) is 16.8. The lowest BCUT2D eigenvalue weighted by Crippen LogP contribution is -2.16. The van der Waals surface area contributed by atoms with Crippen LogP contribution < -0.4 is 10.0 Å². The molecule has 148 valence electrons. The number of anilines is 2. The number of sulfonamides is 1. The van der Waals surface area contributed by atoms with Gasteiger partial charge >= 0.3 is 0 Å². The maximum Gasteiger partial charge on any atom is 0.261 e. The fraction of sp³-hybridized carbons (Fsp3) is 0.0909. The molecule has 0 aromatic heterocycles. The minimum absolute atomic E-state index is 0.0239. The second-order valence-electron chi connectivity index (χ2n) is 6.59. The van der Waals surface area contributed by atoms with E-state index in [-0.39, 0.29) is 16.2 Å². The molecule has 0 aliphatic rings. The van der Waals surface area contributed by atoms with Crippen LogP contribution in [0.1, 0.15) is 33.2 Å². The summed E-state index contributed by atoms with van der Waals surface area (Å²) in [6, 6.07) is 19.3. The lowest BCUT2D eigenvalue weighted by Gasteiger charge is -2.10. The molecule has 0 atom stereocenters. The van der Waals surface area contributed by atoms with Gasteiger partial charge in [-0.1, -0.05) is 30.3 Å². The maximum absolute atomic E-state index is 12.7. The van der Waals surface area contributed by atoms with Gasteiger partial charge in [0.05, 0.1) is 4.90 Å². The summed E-state index contributed by atoms with van der Waals surface area (Å²) < 4.78 is 27.9. The third kappa shape index (κ3) is 5.08. The quantitative estimate of drug-likeness (QED) is 0.597. The summed E-state index contributed by atoms with van der Waals surface area (Å²) in [7, 11) is -3.85. The molecule has 0 radical (unpaired) electrons. The molecular formula is C22H20N2O4S. The number of carbonyl (C=O) groups is 2. The van der Waals surface area contributed by atoms with Gasteiger partial charge in [0, 0.05) is 22.5 Å². The van der Waals surface area contributed by atoms with E-state index in [1.54, 1.807) is 42.5 Å². The van der Waals surface area contributed by atoms with Gasteiger partial charge in [0.25, 0.3) is 15.9 Å². The molecule has 3 aromatic rings. The molecule has 29 heavy (non-hydrogen) atoms. The van der Waals surface area contributed by atoms with Crippen molar-refractivity contribution in [2.45, 2.75) is 18.7 Å². The Balaban J connectivity index is 1.82. The standard InChI is InChI=1S/C22H20N2O4S/c1-15-6-3-10-20(12-15)24-29(27,28)21-11-5-8-18(14-21)22(26)23-19-9-4-7-17(13-19)16(2)25/h3-14,24H,1-2H3,(H,23,26). The number of Topliss-reactive ketones (excluding diaryl/α,β-unsaturated/α-hetero) is 1. The minimum Gasteiger partial charge on any atom is -0.322 e. The lowest BCUT2D eigenvalue weighted by atomic mass is 10.1. The van der Waals surface area contributed by atoms with E-state index >= 15 is 0 Å². The first kappa shape index (κ1) is 20.3. The molecule has 1 amide bonds. The molecular weight excluding hydrogens is 388 g/mol. The molecule has 0 fully saturated rings. The van der Waals surface area contributed by atoms with E-state index in [1.807, 2.05) is 13.0 Å². The Morgan fingerprint density at radius 3 is 2.17 bits per heavy atom. The normalized spacial score (nSPS) is 11.0. The monoisotopic (exact) mass is 408 g/mol. The van der Waals surface area contributed by atoms with Gasteiger partial charge in [-0.2, -0.15) is 0 Å². The van der Waals surface area contributed by atoms with Gasteiger partial charge < -0.3 is 5.32 Å². The number of ketones is 1. The summed E-state index contributed by atoms with van der Waals surface area (Å²) in [4.78, 5) is 24.0. The van der Waals surface area contributed by atoms with Crippen LogP contribution in [0.3, 0.4) is 0 Å². The zero-order chi connectivity index (χ0) is 21.0. The summed E-state index contributed by atoms with van der Waals surface area (Å²) >= 11 is 0. The molecule has 0 saturated heterocycles. The lowest BCUT2D eigenvalue weighted by molar-refractivity contribution is 0.101. The number of amides is 1. The molecule has 6 nitrogen and oxygen atoms in total. The van der Waals surface area contributed by atoms with Gasteiger partial charge in [-0.25, -0.2) is 8.42 Å². The van der Waals surface area contributed by atoms with E-state index in [0.717, 1.165) is 5.56 Å². The van der Waals surface area contributed by atoms with Crippen molar-refractivity contribution in [3.8, 4) is 0 Å². The molecule has 0 aliphatic carbocycles. The largest absolute Gasteiger partial charge is 0.322 e. The Kier molecular flexibility index (Phi) is 5.79. The molecule has 2 N–H and O–H groups in total. The second-order valence-corrected chi connectivity index (χ2v) is 8.28. The van der Waals surface area contributed by atoms with Crippen LogP contribution in [-0.4, -0.2) is 20.1 Å². The molecule has 7 heteroatoms. The topological polar surface area (TPSA) is 92.3 Å². The SMILES string of the molecule is CC(=O)c1cccc(NC(=O)c2cccc(S(=O)(=O)Nc3cccc(C)c3)c2)c1. The summed E-state index contributed by atoms with van der Waals surface area (Å²) in [6.45, 7) is 3.31. The molecule has 0 bridgehead atoms. The third-order valence-electron chi connectivity index (χ3n) is 4.20. The predicted molar refractivity (Wildman–Crippen MR) is 113 cm³/mol. The van der Waals surface area contributed by atoms with Crippen molar-refractivity contribution in [1.29, 1.82) is 0 Å². The highest BCUT2D eigenvalue weighted by Gasteiger charge is 2.17. The van der Waals surface area contributed by atoms with E-state index in [9.17, 15) is 18.0 Å². The van der Waals surface area contributed by atoms with Crippen molar-refractivity contribution in [3.63, 3.8) is 0 Å². The summed E-state index contributed by atoms with van der Waals surface area (Å²) in [5, 5.41) is 2.68. The van der Waals surface area contributed by atoms with Gasteiger partial charge in [0.1, 0.15) is 0 Å². The van der Waals surface area contributed by atoms with E-state index in [2.05, 4.69) is 10.0 Å². The fourth-order valence-electron chi connectivity index (χ4n) is 2.75. The average Bonchev–Trinajstić information content (AvgIpc) is 2.68. The summed E-state index contributed by atoms with van der Waals surface area (Å²) in [6.07, 6.45) is 0. The first-order valence-electron chi connectivity index (χ1n) is 8.86. The number of nitrogens with one attached hydrogen (secondary N) is 2. The number of benzene rings is 3. The third-order valence-corrected chi connectivity index (χ3v) is 5.58. The van der Waals surface area contributed by atoms with Crippen molar-refractivity contribution in [2.24, 2.45) is 0 Å². The van der Waals surface area contributed by atoms with Gasteiger partial charge in [0.15, 0.2) is 5.78 Å². The van der Waals surface area contributed by atoms with Crippen LogP contribution in [0.5, 0.6) is 0 Å². The van der Waals surface area contributed by atoms with E-state index in [4.69, 9.17) is 0 Å². The smallest absolute Gasteiger partial charge is 0.261 e. The van der Waals surface area contributed by atoms with E-state index in [1.165, 1.54) is 31.2 Å². The van der Waals surface area contributed by atoms with Crippen molar-refractivity contribution in [3.05, 3.63) is 89.5 Å². The van der Waals surface area contributed by atoms with Crippen LogP contribution in [0.15, 0.2) is 77.7 Å². The van der Waals surface area contributed by atoms with Crippen molar-refractivity contribution >= 4 is 33.1 Å². The predicted octanol–water partition coefficient (Wildman–Crippen LogP) is 4.25.